The van der Waals surface area contributed by atoms with Crippen LogP contribution in [0.5, 0.6) is 11.5 Å². The summed E-state index contributed by atoms with van der Waals surface area (Å²) in [4.78, 5) is 0. The maximum Gasteiger partial charge on any atom is 0.162 e. The van der Waals surface area contributed by atoms with Crippen molar-refractivity contribution in [3.63, 3.8) is 0 Å². The van der Waals surface area contributed by atoms with Gasteiger partial charge in [0.15, 0.2) is 11.5 Å². The topological polar surface area (TPSA) is 49.7 Å². The van der Waals surface area contributed by atoms with Crippen LogP contribution < -0.4 is 4.74 Å². The average Bonchev–Trinajstić information content (AvgIpc) is 2.23. The van der Waals surface area contributed by atoms with E-state index in [9.17, 15) is 5.11 Å². The van der Waals surface area contributed by atoms with Crippen LogP contribution in [0.2, 0.25) is 5.02 Å². The molecule has 0 amide bonds. The molecule has 0 fully saturated rings. The highest BCUT2D eigenvalue weighted by atomic mass is 35.5. The van der Waals surface area contributed by atoms with Crippen molar-refractivity contribution in [2.24, 2.45) is 0 Å². The third kappa shape index (κ3) is 2.55. The lowest BCUT2D eigenvalue weighted by Crippen LogP contribution is -1.96. The van der Waals surface area contributed by atoms with E-state index >= 15 is 0 Å². The van der Waals surface area contributed by atoms with Crippen LogP contribution >= 0.6 is 11.6 Å². The first-order valence-electron chi connectivity index (χ1n) is 4.77. The number of aromatic hydroxyl groups is 1. The quantitative estimate of drug-likeness (QED) is 0.835. The summed E-state index contributed by atoms with van der Waals surface area (Å²) in [6.45, 7) is 1.93. The summed E-state index contributed by atoms with van der Waals surface area (Å²) in [6.07, 6.45) is 1.11. The SMILES string of the molecule is COc1cc(C)c(Cl)c(CCCO)c1O. The average molecular weight is 231 g/mol. The van der Waals surface area contributed by atoms with Crippen molar-refractivity contribution in [2.45, 2.75) is 19.8 Å². The van der Waals surface area contributed by atoms with E-state index in [4.69, 9.17) is 21.4 Å². The summed E-state index contributed by atoms with van der Waals surface area (Å²) in [5, 5.41) is 19.1. The van der Waals surface area contributed by atoms with Gasteiger partial charge in [-0.3, -0.25) is 0 Å². The third-order valence-electron chi connectivity index (χ3n) is 2.28. The minimum absolute atomic E-state index is 0.0709. The molecule has 0 heterocycles. The number of halogens is 1. The standard InChI is InChI=1S/C11H15ClO3/c1-7-6-9(15-2)11(14)8(10(7)12)4-3-5-13/h6,13-14H,3-5H2,1-2H3. The van der Waals surface area contributed by atoms with E-state index in [0.29, 0.717) is 29.2 Å². The number of aryl methyl sites for hydroxylation is 1. The number of benzene rings is 1. The second-order valence-corrected chi connectivity index (χ2v) is 3.74. The normalized spacial score (nSPS) is 10.4. The van der Waals surface area contributed by atoms with E-state index in [1.165, 1.54) is 7.11 Å². The van der Waals surface area contributed by atoms with Crippen LogP contribution in [0.15, 0.2) is 6.07 Å². The molecule has 1 rings (SSSR count). The fourth-order valence-corrected chi connectivity index (χ4v) is 1.70. The molecule has 0 bridgehead atoms. The molecule has 0 radical (unpaired) electrons. The molecular formula is C11H15ClO3. The van der Waals surface area contributed by atoms with E-state index in [1.54, 1.807) is 6.07 Å². The summed E-state index contributed by atoms with van der Waals surface area (Å²) in [5.74, 6) is 0.492. The summed E-state index contributed by atoms with van der Waals surface area (Å²) >= 11 is 6.07. The number of rotatable bonds is 4. The van der Waals surface area contributed by atoms with Crippen molar-refractivity contribution in [1.29, 1.82) is 0 Å². The van der Waals surface area contributed by atoms with Crippen molar-refractivity contribution in [3.05, 3.63) is 22.2 Å². The Morgan fingerprint density at radius 1 is 1.47 bits per heavy atom. The van der Waals surface area contributed by atoms with Gasteiger partial charge in [-0.25, -0.2) is 0 Å². The maximum absolute atomic E-state index is 9.83. The van der Waals surface area contributed by atoms with Crippen molar-refractivity contribution < 1.29 is 14.9 Å². The molecule has 1 aromatic rings. The first kappa shape index (κ1) is 12.1. The summed E-state index contributed by atoms with van der Waals surface area (Å²) in [6, 6.07) is 1.69. The molecule has 84 valence electrons. The second-order valence-electron chi connectivity index (χ2n) is 3.36. The Morgan fingerprint density at radius 3 is 2.67 bits per heavy atom. The van der Waals surface area contributed by atoms with E-state index in [0.717, 1.165) is 5.56 Å². The Hall–Kier alpha value is -0.930. The van der Waals surface area contributed by atoms with Crippen molar-refractivity contribution in [1.82, 2.24) is 0 Å². The highest BCUT2D eigenvalue weighted by Crippen LogP contribution is 2.38. The predicted octanol–water partition coefficient (Wildman–Crippen LogP) is 2.29. The minimum atomic E-state index is 0.0709. The Kier molecular flexibility index (Phi) is 4.24. The lowest BCUT2D eigenvalue weighted by Gasteiger charge is -2.12. The van der Waals surface area contributed by atoms with Gasteiger partial charge in [-0.1, -0.05) is 11.6 Å². The molecule has 0 unspecified atom stereocenters. The van der Waals surface area contributed by atoms with Crippen molar-refractivity contribution in [3.8, 4) is 11.5 Å². The number of methoxy groups -OCH3 is 1. The number of hydrogen-bond donors (Lipinski definition) is 2. The van der Waals surface area contributed by atoms with Gasteiger partial charge in [0.2, 0.25) is 0 Å². The molecule has 3 nitrogen and oxygen atoms in total. The van der Waals surface area contributed by atoms with Crippen LogP contribution in [-0.4, -0.2) is 23.9 Å². The zero-order chi connectivity index (χ0) is 11.4. The third-order valence-corrected chi connectivity index (χ3v) is 2.81. The van der Waals surface area contributed by atoms with E-state index in [2.05, 4.69) is 0 Å². The van der Waals surface area contributed by atoms with Gasteiger partial charge in [-0.05, 0) is 31.4 Å². The van der Waals surface area contributed by atoms with Crippen LogP contribution in [0.3, 0.4) is 0 Å². The molecule has 4 heteroatoms. The molecule has 0 saturated carbocycles. The van der Waals surface area contributed by atoms with Gasteiger partial charge < -0.3 is 14.9 Å². The number of phenolic OH excluding ortho intramolecular Hbond substituents is 1. The van der Waals surface area contributed by atoms with Crippen LogP contribution in [-0.2, 0) is 6.42 Å². The summed E-state index contributed by atoms with van der Waals surface area (Å²) < 4.78 is 5.03. The lowest BCUT2D eigenvalue weighted by molar-refractivity contribution is 0.287. The molecular weight excluding hydrogens is 216 g/mol. The molecule has 0 aliphatic heterocycles. The van der Waals surface area contributed by atoms with E-state index < -0.39 is 0 Å². The number of aliphatic hydroxyl groups excluding tert-OH is 1. The maximum atomic E-state index is 9.83. The van der Waals surface area contributed by atoms with E-state index in [1.807, 2.05) is 6.92 Å². The van der Waals surface area contributed by atoms with E-state index in [-0.39, 0.29) is 12.4 Å². The van der Waals surface area contributed by atoms with Crippen LogP contribution in [0.4, 0.5) is 0 Å². The van der Waals surface area contributed by atoms with Crippen LogP contribution in [0, 0.1) is 6.92 Å². The smallest absolute Gasteiger partial charge is 0.162 e. The largest absolute Gasteiger partial charge is 0.504 e. The molecule has 0 atom stereocenters. The molecule has 0 aliphatic rings. The first-order valence-corrected chi connectivity index (χ1v) is 5.15. The molecule has 0 saturated heterocycles. The van der Waals surface area contributed by atoms with Crippen LogP contribution in [0.25, 0.3) is 0 Å². The van der Waals surface area contributed by atoms with Gasteiger partial charge in [-0.15, -0.1) is 0 Å². The Morgan fingerprint density at radius 2 is 2.13 bits per heavy atom. The monoisotopic (exact) mass is 230 g/mol. The van der Waals surface area contributed by atoms with Gasteiger partial charge in [0.1, 0.15) is 0 Å². The zero-order valence-electron chi connectivity index (χ0n) is 8.88. The van der Waals surface area contributed by atoms with Gasteiger partial charge in [-0.2, -0.15) is 0 Å². The van der Waals surface area contributed by atoms with Gasteiger partial charge in [0.25, 0.3) is 0 Å². The molecule has 2 N–H and O–H groups in total. The number of ether oxygens (including phenoxy) is 1. The van der Waals surface area contributed by atoms with Crippen molar-refractivity contribution in [2.75, 3.05) is 13.7 Å². The molecule has 0 aromatic heterocycles. The Balaban J connectivity index is 3.15. The van der Waals surface area contributed by atoms with Gasteiger partial charge >= 0.3 is 0 Å². The zero-order valence-corrected chi connectivity index (χ0v) is 9.64. The van der Waals surface area contributed by atoms with Crippen LogP contribution in [0.1, 0.15) is 17.5 Å². The fourth-order valence-electron chi connectivity index (χ4n) is 1.46. The molecule has 15 heavy (non-hydrogen) atoms. The van der Waals surface area contributed by atoms with Gasteiger partial charge in [0.05, 0.1) is 12.1 Å². The van der Waals surface area contributed by atoms with Crippen molar-refractivity contribution >= 4 is 11.6 Å². The number of hydrogen-bond acceptors (Lipinski definition) is 3. The minimum Gasteiger partial charge on any atom is -0.504 e. The Labute approximate surface area is 94.3 Å². The Bertz CT molecular complexity index is 350. The fraction of sp³-hybridized carbons (Fsp3) is 0.455. The highest BCUT2D eigenvalue weighted by Gasteiger charge is 2.14. The highest BCUT2D eigenvalue weighted by molar-refractivity contribution is 6.32. The predicted molar refractivity (Wildman–Crippen MR) is 59.8 cm³/mol. The molecule has 0 aliphatic carbocycles. The number of aliphatic hydroxyl groups is 1. The summed E-state index contributed by atoms with van der Waals surface area (Å²) in [5.41, 5.74) is 1.50. The molecule has 1 aromatic carbocycles. The molecule has 0 spiro atoms. The lowest BCUT2D eigenvalue weighted by atomic mass is 10.0. The number of phenols is 1. The first-order chi connectivity index (χ1) is 7.11. The van der Waals surface area contributed by atoms with Gasteiger partial charge in [0, 0.05) is 12.2 Å². The second kappa shape index (κ2) is 5.24. The summed E-state index contributed by atoms with van der Waals surface area (Å²) in [7, 11) is 1.50.